The molecule has 0 radical (unpaired) electrons. The summed E-state index contributed by atoms with van der Waals surface area (Å²) in [4.78, 5) is 15.3. The first-order chi connectivity index (χ1) is 15.1. The largest absolute Gasteiger partial charge is 0.333 e. The summed E-state index contributed by atoms with van der Waals surface area (Å²) in [5.41, 5.74) is 4.18. The van der Waals surface area contributed by atoms with Crippen molar-refractivity contribution in [1.29, 1.82) is 0 Å². The quantitative estimate of drug-likeness (QED) is 0.302. The lowest BCUT2D eigenvalue weighted by atomic mass is 9.83. The van der Waals surface area contributed by atoms with E-state index in [0.717, 1.165) is 27.1 Å². The summed E-state index contributed by atoms with van der Waals surface area (Å²) in [6, 6.07) is 10.1. The van der Waals surface area contributed by atoms with E-state index in [1.807, 2.05) is 50.4 Å². The van der Waals surface area contributed by atoms with Gasteiger partial charge < -0.3 is 4.90 Å². The van der Waals surface area contributed by atoms with Crippen molar-refractivity contribution >= 4 is 38.1 Å². The maximum atomic E-state index is 15.2. The Bertz CT molecular complexity index is 1180. The molecular formula is C24H26ClFN3OPS. The summed E-state index contributed by atoms with van der Waals surface area (Å²) in [6.45, 7) is 10.2. The van der Waals surface area contributed by atoms with Crippen molar-refractivity contribution in [2.75, 3.05) is 6.54 Å². The number of nitrogens with zero attached hydrogens (tertiary/aromatic N) is 3. The maximum Gasteiger partial charge on any atom is 0.246 e. The fourth-order valence-corrected chi connectivity index (χ4v) is 5.78. The van der Waals surface area contributed by atoms with Gasteiger partial charge in [-0.25, -0.2) is 4.39 Å². The summed E-state index contributed by atoms with van der Waals surface area (Å²) in [5, 5.41) is 2.89. The van der Waals surface area contributed by atoms with Gasteiger partial charge in [0.05, 0.1) is 10.9 Å². The highest BCUT2D eigenvalue weighted by atomic mass is 35.5. The smallest absolute Gasteiger partial charge is 0.246 e. The third-order valence-electron chi connectivity index (χ3n) is 5.76. The van der Waals surface area contributed by atoms with Gasteiger partial charge in [-0.15, -0.1) is 11.3 Å². The van der Waals surface area contributed by atoms with E-state index in [0.29, 0.717) is 23.1 Å². The van der Waals surface area contributed by atoms with Crippen LogP contribution in [0.4, 0.5) is 4.39 Å². The average Bonchev–Trinajstić information content (AvgIpc) is 3.35. The minimum Gasteiger partial charge on any atom is -0.333 e. The molecule has 3 aromatic rings. The Morgan fingerprint density at radius 1 is 1.38 bits per heavy atom. The van der Waals surface area contributed by atoms with E-state index in [4.69, 9.17) is 11.6 Å². The van der Waals surface area contributed by atoms with Crippen LogP contribution < -0.4 is 0 Å². The van der Waals surface area contributed by atoms with Gasteiger partial charge in [-0.1, -0.05) is 51.7 Å². The molecule has 0 N–H and O–H groups in total. The number of benzene rings is 1. The molecule has 3 heterocycles. The zero-order valence-corrected chi connectivity index (χ0v) is 21.0. The summed E-state index contributed by atoms with van der Waals surface area (Å²) in [7, 11) is 2.26. The van der Waals surface area contributed by atoms with E-state index in [2.05, 4.69) is 20.9 Å². The zero-order chi connectivity index (χ0) is 23.2. The molecule has 0 aliphatic carbocycles. The summed E-state index contributed by atoms with van der Waals surface area (Å²) in [5.74, 6) is -0.203. The molecular weight excluding hydrogens is 464 g/mol. The SMILES string of the molecule is C=CC(=O)N1Cc2sc(Cl)cc2C(c2ccccc2-c2cn(C(C)C)nc2C(C)(F)P)C1. The fourth-order valence-electron chi connectivity index (χ4n) is 4.21. The standard InChI is InChI=1S/C24H26ClFN3OPS/c1-5-22(30)28-11-18(17-10-21(25)32-20(17)13-28)15-8-6-7-9-16(15)19-12-29(14(2)3)27-23(19)24(4,26)31/h5-10,12,14,18H,1,11,13,31H2,2-4H3. The van der Waals surface area contributed by atoms with Gasteiger partial charge in [-0.05, 0) is 49.6 Å². The Morgan fingerprint density at radius 3 is 2.75 bits per heavy atom. The van der Waals surface area contributed by atoms with Crippen LogP contribution in [0.5, 0.6) is 0 Å². The number of carbonyl (C=O) groups is 1. The van der Waals surface area contributed by atoms with Crippen LogP contribution in [0.2, 0.25) is 4.34 Å². The minimum atomic E-state index is -1.68. The fraction of sp³-hybridized carbons (Fsp3) is 0.333. The van der Waals surface area contributed by atoms with Crippen molar-refractivity contribution in [3.05, 3.63) is 75.2 Å². The van der Waals surface area contributed by atoms with Gasteiger partial charge in [0.25, 0.3) is 0 Å². The van der Waals surface area contributed by atoms with Gasteiger partial charge in [0.15, 0.2) is 5.41 Å². The number of thiophene rings is 1. The lowest BCUT2D eigenvalue weighted by Crippen LogP contribution is -2.37. The van der Waals surface area contributed by atoms with Crippen LogP contribution in [0.25, 0.3) is 11.1 Å². The molecule has 168 valence electrons. The van der Waals surface area contributed by atoms with Crippen molar-refractivity contribution in [3.63, 3.8) is 0 Å². The van der Waals surface area contributed by atoms with Crippen LogP contribution in [0.3, 0.4) is 0 Å². The van der Waals surface area contributed by atoms with E-state index in [1.165, 1.54) is 24.3 Å². The number of alkyl halides is 1. The van der Waals surface area contributed by atoms with E-state index in [1.54, 1.807) is 9.58 Å². The van der Waals surface area contributed by atoms with Crippen molar-refractivity contribution in [1.82, 2.24) is 14.7 Å². The molecule has 3 unspecified atom stereocenters. The molecule has 0 saturated heterocycles. The first-order valence-corrected chi connectivity index (χ1v) is 12.2. The number of fused-ring (bicyclic) bond motifs is 1. The van der Waals surface area contributed by atoms with Crippen molar-refractivity contribution < 1.29 is 9.18 Å². The Morgan fingerprint density at radius 2 is 2.09 bits per heavy atom. The molecule has 0 saturated carbocycles. The number of amides is 1. The number of aromatic nitrogens is 2. The molecule has 4 nitrogen and oxygen atoms in total. The second-order valence-corrected chi connectivity index (χ2v) is 11.4. The molecule has 1 aliphatic heterocycles. The molecule has 2 aromatic heterocycles. The van der Waals surface area contributed by atoms with Gasteiger partial charge in [0.1, 0.15) is 5.69 Å². The Kier molecular flexibility index (Phi) is 6.32. The maximum absolute atomic E-state index is 15.2. The molecule has 3 atom stereocenters. The normalized spacial score (nSPS) is 17.8. The Hall–Kier alpha value is -2.01. The molecule has 0 fully saturated rings. The van der Waals surface area contributed by atoms with Gasteiger partial charge in [0.2, 0.25) is 5.91 Å². The van der Waals surface area contributed by atoms with E-state index < -0.39 is 5.41 Å². The third kappa shape index (κ3) is 4.28. The molecule has 1 amide bonds. The molecule has 4 rings (SSSR count). The molecule has 32 heavy (non-hydrogen) atoms. The first-order valence-electron chi connectivity index (χ1n) is 10.5. The van der Waals surface area contributed by atoms with Crippen LogP contribution in [0, 0.1) is 0 Å². The predicted molar refractivity (Wildman–Crippen MR) is 133 cm³/mol. The number of hydrogen-bond donors (Lipinski definition) is 0. The van der Waals surface area contributed by atoms with E-state index >= 15 is 4.39 Å². The lowest BCUT2D eigenvalue weighted by molar-refractivity contribution is -0.127. The van der Waals surface area contributed by atoms with Gasteiger partial charge in [0, 0.05) is 35.1 Å². The second kappa shape index (κ2) is 8.74. The topological polar surface area (TPSA) is 38.1 Å². The lowest BCUT2D eigenvalue weighted by Gasteiger charge is -2.33. The number of rotatable bonds is 5. The minimum absolute atomic E-state index is 0.0896. The van der Waals surface area contributed by atoms with Crippen LogP contribution >= 0.6 is 32.2 Å². The molecule has 1 aromatic carbocycles. The molecule has 0 spiro atoms. The zero-order valence-electron chi connectivity index (χ0n) is 18.3. The summed E-state index contributed by atoms with van der Waals surface area (Å²) in [6.07, 6.45) is 3.26. The average molecular weight is 490 g/mol. The summed E-state index contributed by atoms with van der Waals surface area (Å²) >= 11 is 7.87. The highest BCUT2D eigenvalue weighted by Crippen LogP contribution is 2.45. The van der Waals surface area contributed by atoms with E-state index in [-0.39, 0.29) is 17.9 Å². The van der Waals surface area contributed by atoms with Crippen LogP contribution in [-0.4, -0.2) is 27.1 Å². The monoisotopic (exact) mass is 489 g/mol. The molecule has 8 heteroatoms. The van der Waals surface area contributed by atoms with Crippen molar-refractivity contribution in [2.45, 2.75) is 44.7 Å². The predicted octanol–water partition coefficient (Wildman–Crippen LogP) is 6.52. The highest BCUT2D eigenvalue weighted by molar-refractivity contribution is 7.18. The Balaban J connectivity index is 1.90. The third-order valence-corrected chi connectivity index (χ3v) is 7.30. The molecule has 1 aliphatic rings. The van der Waals surface area contributed by atoms with Crippen molar-refractivity contribution in [3.8, 4) is 11.1 Å². The van der Waals surface area contributed by atoms with Crippen LogP contribution in [0.15, 0.2) is 49.2 Å². The van der Waals surface area contributed by atoms with Gasteiger partial charge >= 0.3 is 0 Å². The van der Waals surface area contributed by atoms with Crippen LogP contribution in [-0.2, 0) is 16.7 Å². The van der Waals surface area contributed by atoms with Crippen molar-refractivity contribution in [2.24, 2.45) is 0 Å². The second-order valence-electron chi connectivity index (χ2n) is 8.53. The number of carbonyl (C=O) groups excluding carboxylic acids is 1. The number of hydrogen-bond acceptors (Lipinski definition) is 3. The molecule has 0 bridgehead atoms. The Labute approximate surface area is 199 Å². The first kappa shape index (κ1) is 23.2. The highest BCUT2D eigenvalue weighted by Gasteiger charge is 2.34. The van der Waals surface area contributed by atoms with Gasteiger partial charge in [-0.3, -0.25) is 9.48 Å². The van der Waals surface area contributed by atoms with Crippen LogP contribution in [0.1, 0.15) is 54.4 Å². The van der Waals surface area contributed by atoms with E-state index in [9.17, 15) is 4.79 Å². The van der Waals surface area contributed by atoms with Gasteiger partial charge in [-0.2, -0.15) is 5.10 Å². The number of halogens is 2. The summed E-state index contributed by atoms with van der Waals surface area (Å²) < 4.78 is 17.7.